The van der Waals surface area contributed by atoms with Gasteiger partial charge in [-0.1, -0.05) is 26.1 Å². The van der Waals surface area contributed by atoms with Crippen LogP contribution in [0.25, 0.3) is 0 Å². The average molecular weight is 253 g/mol. The third-order valence-electron chi connectivity index (χ3n) is 2.72. The third-order valence-corrected chi connectivity index (χ3v) is 3.27. The molecule has 0 aromatic heterocycles. The van der Waals surface area contributed by atoms with Crippen molar-refractivity contribution in [3.05, 3.63) is 24.3 Å². The van der Waals surface area contributed by atoms with E-state index in [4.69, 9.17) is 27.4 Å². The third kappa shape index (κ3) is 4.23. The van der Waals surface area contributed by atoms with Crippen LogP contribution in [0.3, 0.4) is 0 Å². The van der Waals surface area contributed by atoms with E-state index in [9.17, 15) is 0 Å². The lowest BCUT2D eigenvalue weighted by Gasteiger charge is -2.22. The van der Waals surface area contributed by atoms with Crippen molar-refractivity contribution in [3.63, 3.8) is 0 Å². The topological polar surface area (TPSA) is 44.5 Å². The first-order valence-electron chi connectivity index (χ1n) is 5.52. The lowest BCUT2D eigenvalue weighted by atomic mass is 9.90. The normalized spacial score (nSPS) is 11.0. The fourth-order valence-corrected chi connectivity index (χ4v) is 1.32. The maximum atomic E-state index is 5.65. The molecule has 0 saturated carbocycles. The molecule has 0 aliphatic carbocycles. The van der Waals surface area contributed by atoms with Crippen molar-refractivity contribution in [2.45, 2.75) is 20.3 Å². The molecular weight excluding hydrogens is 234 g/mol. The zero-order valence-electron chi connectivity index (χ0n) is 10.5. The fourth-order valence-electron chi connectivity index (χ4n) is 1.22. The predicted octanol–water partition coefficient (Wildman–Crippen LogP) is 2.78. The summed E-state index contributed by atoms with van der Waals surface area (Å²) >= 11 is 5.00. The molecule has 0 radical (unpaired) electrons. The van der Waals surface area contributed by atoms with Crippen molar-refractivity contribution in [1.82, 2.24) is 0 Å². The summed E-state index contributed by atoms with van der Waals surface area (Å²) in [5.41, 5.74) is 5.48. The van der Waals surface area contributed by atoms with Crippen molar-refractivity contribution < 1.29 is 9.47 Å². The average Bonchev–Trinajstić information content (AvgIpc) is 2.29. The summed E-state index contributed by atoms with van der Waals surface area (Å²) in [6.07, 6.45) is 0.800. The summed E-state index contributed by atoms with van der Waals surface area (Å²) in [6, 6.07) is 7.50. The van der Waals surface area contributed by atoms with Gasteiger partial charge in [-0.05, 0) is 30.7 Å². The fraction of sp³-hybridized carbons (Fsp3) is 0.462. The summed E-state index contributed by atoms with van der Waals surface area (Å²) in [5.74, 6) is 1.64. The number of rotatable bonds is 6. The van der Waals surface area contributed by atoms with Crippen molar-refractivity contribution in [3.8, 4) is 11.5 Å². The number of ether oxygens (including phenoxy) is 2. The van der Waals surface area contributed by atoms with Crippen LogP contribution in [0.4, 0.5) is 0 Å². The smallest absolute Gasteiger partial charge is 0.119 e. The Morgan fingerprint density at radius 2 is 1.76 bits per heavy atom. The molecule has 0 aliphatic heterocycles. The van der Waals surface area contributed by atoms with E-state index >= 15 is 0 Å². The maximum Gasteiger partial charge on any atom is 0.119 e. The Kier molecular flexibility index (Phi) is 4.75. The van der Waals surface area contributed by atoms with Crippen LogP contribution in [0.15, 0.2) is 24.3 Å². The molecule has 0 unspecified atom stereocenters. The number of hydrogen-bond donors (Lipinski definition) is 1. The van der Waals surface area contributed by atoms with Crippen LogP contribution in [-0.2, 0) is 0 Å². The zero-order chi connectivity index (χ0) is 12.9. The molecule has 1 rings (SSSR count). The molecule has 0 bridgehead atoms. The Balaban J connectivity index is 2.43. The largest absolute Gasteiger partial charge is 0.497 e. The minimum Gasteiger partial charge on any atom is -0.497 e. The molecule has 1 aromatic carbocycles. The molecule has 0 fully saturated rings. The van der Waals surface area contributed by atoms with Gasteiger partial charge >= 0.3 is 0 Å². The SMILES string of the molecule is COc1ccc(OCCC(C)(C)C(N)=S)cc1. The predicted molar refractivity (Wildman–Crippen MR) is 73.7 cm³/mol. The number of thiocarbonyl (C=S) groups is 1. The lowest BCUT2D eigenvalue weighted by molar-refractivity contribution is 0.270. The maximum absolute atomic E-state index is 5.65. The first-order valence-corrected chi connectivity index (χ1v) is 5.93. The second-order valence-corrected chi connectivity index (χ2v) is 4.96. The highest BCUT2D eigenvalue weighted by atomic mass is 32.1. The summed E-state index contributed by atoms with van der Waals surface area (Å²) in [4.78, 5) is 0.524. The van der Waals surface area contributed by atoms with E-state index < -0.39 is 0 Å². The van der Waals surface area contributed by atoms with E-state index in [2.05, 4.69) is 0 Å². The van der Waals surface area contributed by atoms with Crippen LogP contribution < -0.4 is 15.2 Å². The van der Waals surface area contributed by atoms with E-state index in [1.165, 1.54) is 0 Å². The van der Waals surface area contributed by atoms with E-state index in [0.717, 1.165) is 17.9 Å². The highest BCUT2D eigenvalue weighted by molar-refractivity contribution is 7.80. The first kappa shape index (κ1) is 13.8. The van der Waals surface area contributed by atoms with E-state index in [-0.39, 0.29) is 5.41 Å². The van der Waals surface area contributed by atoms with Gasteiger partial charge in [-0.3, -0.25) is 0 Å². The Morgan fingerprint density at radius 1 is 1.24 bits per heavy atom. The molecule has 1 aromatic rings. The molecule has 94 valence electrons. The Morgan fingerprint density at radius 3 is 2.24 bits per heavy atom. The van der Waals surface area contributed by atoms with Gasteiger partial charge in [0, 0.05) is 5.41 Å². The second-order valence-electron chi connectivity index (χ2n) is 4.52. The Labute approximate surface area is 108 Å². The van der Waals surface area contributed by atoms with Crippen LogP contribution >= 0.6 is 12.2 Å². The van der Waals surface area contributed by atoms with Crippen LogP contribution in [0, 0.1) is 5.41 Å². The van der Waals surface area contributed by atoms with E-state index in [0.29, 0.717) is 11.6 Å². The van der Waals surface area contributed by atoms with Gasteiger partial charge < -0.3 is 15.2 Å². The van der Waals surface area contributed by atoms with Crippen molar-refractivity contribution in [2.75, 3.05) is 13.7 Å². The molecule has 2 N–H and O–H groups in total. The molecule has 3 nitrogen and oxygen atoms in total. The monoisotopic (exact) mass is 253 g/mol. The highest BCUT2D eigenvalue weighted by Crippen LogP contribution is 2.22. The molecule has 4 heteroatoms. The standard InChI is InChI=1S/C13H19NO2S/c1-13(2,12(14)17)8-9-16-11-6-4-10(15-3)5-7-11/h4-7H,8-9H2,1-3H3,(H2,14,17). The van der Waals surface area contributed by atoms with Gasteiger partial charge in [0.2, 0.25) is 0 Å². The molecule has 0 amide bonds. The van der Waals surface area contributed by atoms with Gasteiger partial charge in [0.25, 0.3) is 0 Å². The lowest BCUT2D eigenvalue weighted by Crippen LogP contribution is -2.31. The van der Waals surface area contributed by atoms with Crippen LogP contribution in [-0.4, -0.2) is 18.7 Å². The molecule has 0 aliphatic rings. The van der Waals surface area contributed by atoms with Crippen LogP contribution in [0.2, 0.25) is 0 Å². The minimum absolute atomic E-state index is 0.165. The number of hydrogen-bond acceptors (Lipinski definition) is 3. The van der Waals surface area contributed by atoms with Crippen molar-refractivity contribution >= 4 is 17.2 Å². The number of methoxy groups -OCH3 is 1. The van der Waals surface area contributed by atoms with Gasteiger partial charge in [0.15, 0.2) is 0 Å². The molecule has 17 heavy (non-hydrogen) atoms. The Bertz CT molecular complexity index is 374. The van der Waals surface area contributed by atoms with Crippen molar-refractivity contribution in [2.24, 2.45) is 11.1 Å². The van der Waals surface area contributed by atoms with Gasteiger partial charge in [0.1, 0.15) is 11.5 Å². The summed E-state index contributed by atoms with van der Waals surface area (Å²) in [7, 11) is 1.64. The number of nitrogens with two attached hydrogens (primary N) is 1. The van der Waals surface area contributed by atoms with Gasteiger partial charge in [-0.15, -0.1) is 0 Å². The van der Waals surface area contributed by atoms with Crippen LogP contribution in [0.5, 0.6) is 11.5 Å². The quantitative estimate of drug-likeness (QED) is 0.792. The molecule has 0 atom stereocenters. The second kappa shape index (κ2) is 5.87. The van der Waals surface area contributed by atoms with Gasteiger partial charge in [0.05, 0.1) is 18.7 Å². The Hall–Kier alpha value is -1.29. The highest BCUT2D eigenvalue weighted by Gasteiger charge is 2.20. The van der Waals surface area contributed by atoms with Gasteiger partial charge in [-0.2, -0.15) is 0 Å². The van der Waals surface area contributed by atoms with E-state index in [1.807, 2.05) is 38.1 Å². The van der Waals surface area contributed by atoms with Gasteiger partial charge in [-0.25, -0.2) is 0 Å². The molecule has 0 spiro atoms. The minimum atomic E-state index is -0.165. The molecule has 0 heterocycles. The summed E-state index contributed by atoms with van der Waals surface area (Å²) in [6.45, 7) is 4.64. The van der Waals surface area contributed by atoms with Crippen molar-refractivity contribution in [1.29, 1.82) is 0 Å². The zero-order valence-corrected chi connectivity index (χ0v) is 11.3. The van der Waals surface area contributed by atoms with Crippen LogP contribution in [0.1, 0.15) is 20.3 Å². The molecule has 0 saturated heterocycles. The number of benzene rings is 1. The summed E-state index contributed by atoms with van der Waals surface area (Å²) < 4.78 is 10.7. The molecular formula is C13H19NO2S. The first-order chi connectivity index (χ1) is 7.95. The van der Waals surface area contributed by atoms with E-state index in [1.54, 1.807) is 7.11 Å². The summed E-state index contributed by atoms with van der Waals surface area (Å²) in [5, 5.41) is 0.